The van der Waals surface area contributed by atoms with Crippen molar-refractivity contribution in [2.75, 3.05) is 0 Å². The molecule has 2 aromatic rings. The minimum Gasteiger partial charge on any atom is -0.168 e. The van der Waals surface area contributed by atoms with Crippen LogP contribution in [0.15, 0.2) is 36.4 Å². The molecule has 0 N–H and O–H groups in total. The Morgan fingerprint density at radius 1 is 1.14 bits per heavy atom. The van der Waals surface area contributed by atoms with Crippen LogP contribution in [0.4, 0.5) is 0 Å². The molecule has 0 saturated heterocycles. The zero-order valence-corrected chi connectivity index (χ0v) is 12.3. The number of benzene rings is 1. The van der Waals surface area contributed by atoms with E-state index in [1.165, 1.54) is 22.8 Å². The van der Waals surface area contributed by atoms with Gasteiger partial charge in [-0.25, -0.2) is 0 Å². The van der Waals surface area contributed by atoms with E-state index in [-0.39, 0.29) is 25.8 Å². The van der Waals surface area contributed by atoms with Crippen LogP contribution < -0.4 is 0 Å². The Bertz CT molecular complexity index is 398. The molecule has 0 bridgehead atoms. The minimum absolute atomic E-state index is 0. The first kappa shape index (κ1) is 11.8. The van der Waals surface area contributed by atoms with Crippen molar-refractivity contribution in [2.45, 2.75) is 20.3 Å². The molecule has 0 unspecified atom stereocenters. The van der Waals surface area contributed by atoms with Crippen molar-refractivity contribution < 1.29 is 25.8 Å². The van der Waals surface area contributed by atoms with E-state index in [1.54, 1.807) is 0 Å². The molecule has 0 radical (unpaired) electrons. The van der Waals surface area contributed by atoms with E-state index in [2.05, 4.69) is 50.2 Å². The fourth-order valence-corrected chi connectivity index (χ4v) is 1.83. The Hall–Kier alpha value is -0.300. The Morgan fingerprint density at radius 3 is 2.57 bits per heavy atom. The van der Waals surface area contributed by atoms with Crippen LogP contribution in [0.2, 0.25) is 0 Å². The normalized spacial score (nSPS) is 10.5. The number of hydrogen-bond donors (Lipinski definition) is 0. The molecule has 0 nitrogen and oxygen atoms in total. The van der Waals surface area contributed by atoms with Crippen LogP contribution in [-0.4, -0.2) is 0 Å². The SMILES string of the molecule is CC(C)C[c-]1ccc2ccccc21.[Hf]. The summed E-state index contributed by atoms with van der Waals surface area (Å²) >= 11 is 0. The summed E-state index contributed by atoms with van der Waals surface area (Å²) in [6.45, 7) is 4.53. The summed E-state index contributed by atoms with van der Waals surface area (Å²) in [7, 11) is 0. The van der Waals surface area contributed by atoms with Crippen molar-refractivity contribution in [3.8, 4) is 0 Å². The molecule has 0 atom stereocenters. The zero-order chi connectivity index (χ0) is 9.26. The summed E-state index contributed by atoms with van der Waals surface area (Å²) in [5.74, 6) is 0.741. The predicted molar refractivity (Wildman–Crippen MR) is 58.1 cm³/mol. The maximum Gasteiger partial charge on any atom is 0 e. The van der Waals surface area contributed by atoms with E-state index in [1.807, 2.05) is 0 Å². The second-order valence-corrected chi connectivity index (χ2v) is 4.04. The second-order valence-electron chi connectivity index (χ2n) is 4.04. The van der Waals surface area contributed by atoms with Crippen LogP contribution in [-0.2, 0) is 32.3 Å². The van der Waals surface area contributed by atoms with Gasteiger partial charge in [-0.3, -0.25) is 0 Å². The van der Waals surface area contributed by atoms with Crippen molar-refractivity contribution in [1.29, 1.82) is 0 Å². The van der Waals surface area contributed by atoms with Crippen molar-refractivity contribution in [3.63, 3.8) is 0 Å². The molecule has 0 amide bonds. The number of hydrogen-bond acceptors (Lipinski definition) is 0. The first-order valence-corrected chi connectivity index (χ1v) is 4.90. The molecular formula is C13H15Hf-. The van der Waals surface area contributed by atoms with E-state index in [0.717, 1.165) is 5.92 Å². The Morgan fingerprint density at radius 2 is 1.86 bits per heavy atom. The molecule has 72 valence electrons. The van der Waals surface area contributed by atoms with Crippen LogP contribution >= 0.6 is 0 Å². The van der Waals surface area contributed by atoms with Crippen LogP contribution in [0, 0.1) is 5.92 Å². The third-order valence-corrected chi connectivity index (χ3v) is 2.40. The maximum atomic E-state index is 2.27. The second kappa shape index (κ2) is 4.97. The molecule has 1 heteroatoms. The third-order valence-electron chi connectivity index (χ3n) is 2.40. The molecule has 2 rings (SSSR count). The van der Waals surface area contributed by atoms with Gasteiger partial charge in [0.05, 0.1) is 0 Å². The van der Waals surface area contributed by atoms with Gasteiger partial charge >= 0.3 is 0 Å². The van der Waals surface area contributed by atoms with Crippen LogP contribution in [0.25, 0.3) is 10.8 Å². The predicted octanol–water partition coefficient (Wildman–Crippen LogP) is 3.75. The van der Waals surface area contributed by atoms with E-state index < -0.39 is 0 Å². The maximum absolute atomic E-state index is 2.27. The molecule has 0 saturated carbocycles. The zero-order valence-electron chi connectivity index (χ0n) is 8.75. The Kier molecular flexibility index (Phi) is 4.18. The molecule has 14 heavy (non-hydrogen) atoms. The van der Waals surface area contributed by atoms with E-state index in [0.29, 0.717) is 0 Å². The van der Waals surface area contributed by atoms with Crippen LogP contribution in [0.1, 0.15) is 19.4 Å². The summed E-state index contributed by atoms with van der Waals surface area (Å²) in [4.78, 5) is 0. The monoisotopic (exact) mass is 351 g/mol. The first-order chi connectivity index (χ1) is 6.27. The van der Waals surface area contributed by atoms with Crippen molar-refractivity contribution >= 4 is 10.8 Å². The van der Waals surface area contributed by atoms with Gasteiger partial charge in [-0.15, -0.1) is 40.6 Å². The Labute approximate surface area is 104 Å². The van der Waals surface area contributed by atoms with Gasteiger partial charge in [0.25, 0.3) is 0 Å². The summed E-state index contributed by atoms with van der Waals surface area (Å²) < 4.78 is 0. The summed E-state index contributed by atoms with van der Waals surface area (Å²) in [6.07, 6.45) is 1.19. The minimum atomic E-state index is 0. The smallest absolute Gasteiger partial charge is 0 e. The van der Waals surface area contributed by atoms with Gasteiger partial charge in [0.15, 0.2) is 0 Å². The van der Waals surface area contributed by atoms with E-state index >= 15 is 0 Å². The average molecular weight is 350 g/mol. The average Bonchev–Trinajstić information content (AvgIpc) is 2.48. The van der Waals surface area contributed by atoms with Gasteiger partial charge in [-0.2, -0.15) is 6.07 Å². The van der Waals surface area contributed by atoms with Gasteiger partial charge in [0.1, 0.15) is 0 Å². The third kappa shape index (κ3) is 2.38. The van der Waals surface area contributed by atoms with E-state index in [9.17, 15) is 0 Å². The van der Waals surface area contributed by atoms with Crippen LogP contribution in [0.3, 0.4) is 0 Å². The van der Waals surface area contributed by atoms with Gasteiger partial charge < -0.3 is 0 Å². The molecular weight excluding hydrogens is 335 g/mol. The fourth-order valence-electron chi connectivity index (χ4n) is 1.83. The molecule has 0 fully saturated rings. The number of rotatable bonds is 2. The summed E-state index contributed by atoms with van der Waals surface area (Å²) in [5, 5.41) is 2.80. The molecule has 0 aliphatic heterocycles. The van der Waals surface area contributed by atoms with Crippen LogP contribution in [0.5, 0.6) is 0 Å². The van der Waals surface area contributed by atoms with Gasteiger partial charge in [0.2, 0.25) is 0 Å². The van der Waals surface area contributed by atoms with Crippen molar-refractivity contribution in [1.82, 2.24) is 0 Å². The summed E-state index contributed by atoms with van der Waals surface area (Å²) in [6, 6.07) is 13.1. The van der Waals surface area contributed by atoms with E-state index in [4.69, 9.17) is 0 Å². The standard InChI is InChI=1S/C13H15.Hf/c1-10(2)9-12-8-7-11-5-3-4-6-13(11)12;/h3-8,10H,9H2,1-2H3;/q-1;. The van der Waals surface area contributed by atoms with Gasteiger partial charge in [0, 0.05) is 25.8 Å². The number of fused-ring (bicyclic) bond motifs is 1. The molecule has 0 aliphatic rings. The summed E-state index contributed by atoms with van der Waals surface area (Å²) in [5.41, 5.74) is 1.49. The van der Waals surface area contributed by atoms with Gasteiger partial charge in [-0.1, -0.05) is 32.3 Å². The molecule has 0 heterocycles. The topological polar surface area (TPSA) is 0 Å². The molecule has 2 aromatic carbocycles. The van der Waals surface area contributed by atoms with Gasteiger partial charge in [-0.05, 0) is 0 Å². The van der Waals surface area contributed by atoms with Crippen molar-refractivity contribution in [3.05, 3.63) is 42.0 Å². The van der Waals surface area contributed by atoms with Crippen molar-refractivity contribution in [2.24, 2.45) is 5.92 Å². The fraction of sp³-hybridized carbons (Fsp3) is 0.308. The quantitative estimate of drug-likeness (QED) is 0.572. The largest absolute Gasteiger partial charge is 0.168 e. The molecule has 0 spiro atoms. The first-order valence-electron chi connectivity index (χ1n) is 4.90. The molecule has 0 aliphatic carbocycles. The Balaban J connectivity index is 0.000000980. The molecule has 0 aromatic heterocycles.